The highest BCUT2D eigenvalue weighted by Crippen LogP contribution is 2.35. The van der Waals surface area contributed by atoms with Gasteiger partial charge in [-0.25, -0.2) is 4.57 Å². The molecule has 9 heteroatoms. The number of allylic oxidation sites excluding steroid dienone is 6. The van der Waals surface area contributed by atoms with Crippen LogP contribution in [0.4, 0.5) is 0 Å². The Hall–Kier alpha value is -1.73. The fourth-order valence-corrected chi connectivity index (χ4v) is 4.86. The Kier molecular flexibility index (Phi) is 30.0. The van der Waals surface area contributed by atoms with Gasteiger partial charge in [-0.1, -0.05) is 115 Å². The number of phosphoric acid groups is 1. The lowest BCUT2D eigenvalue weighted by atomic mass is 10.1. The first-order chi connectivity index (χ1) is 21.3. The molecule has 0 unspecified atom stereocenters. The van der Waals surface area contributed by atoms with Gasteiger partial charge in [0.1, 0.15) is 6.61 Å². The number of rotatable bonds is 31. The van der Waals surface area contributed by atoms with Crippen molar-refractivity contribution in [1.29, 1.82) is 0 Å². The summed E-state index contributed by atoms with van der Waals surface area (Å²) in [7, 11) is -4.75. The van der Waals surface area contributed by atoms with Gasteiger partial charge in [0.2, 0.25) is 0 Å². The molecule has 0 saturated carbocycles. The van der Waals surface area contributed by atoms with E-state index in [-0.39, 0.29) is 19.4 Å². The van der Waals surface area contributed by atoms with Gasteiger partial charge in [0, 0.05) is 12.8 Å². The third-order valence-corrected chi connectivity index (χ3v) is 7.62. The Morgan fingerprint density at radius 1 is 0.591 bits per heavy atom. The lowest BCUT2D eigenvalue weighted by molar-refractivity contribution is -0.161. The predicted octanol–water partition coefficient (Wildman–Crippen LogP) is 9.84. The van der Waals surface area contributed by atoms with Crippen molar-refractivity contribution in [2.75, 3.05) is 13.2 Å². The van der Waals surface area contributed by atoms with Crippen LogP contribution >= 0.6 is 7.82 Å². The summed E-state index contributed by atoms with van der Waals surface area (Å²) in [4.78, 5) is 42.5. The van der Waals surface area contributed by atoms with Crippen LogP contribution in [0.1, 0.15) is 155 Å². The minimum Gasteiger partial charge on any atom is -0.462 e. The van der Waals surface area contributed by atoms with E-state index < -0.39 is 32.5 Å². The molecular formula is C35H63O8P. The smallest absolute Gasteiger partial charge is 0.462 e. The Labute approximate surface area is 268 Å². The van der Waals surface area contributed by atoms with Gasteiger partial charge in [-0.3, -0.25) is 14.1 Å². The molecule has 0 heterocycles. The minimum atomic E-state index is -4.75. The molecule has 0 aromatic heterocycles. The van der Waals surface area contributed by atoms with Crippen LogP contribution in [-0.4, -0.2) is 41.0 Å². The molecule has 2 N–H and O–H groups in total. The molecule has 256 valence electrons. The van der Waals surface area contributed by atoms with Gasteiger partial charge in [-0.05, 0) is 64.2 Å². The monoisotopic (exact) mass is 642 g/mol. The Balaban J connectivity index is 4.05. The summed E-state index contributed by atoms with van der Waals surface area (Å²) in [6, 6.07) is 0. The van der Waals surface area contributed by atoms with E-state index in [1.54, 1.807) is 0 Å². The molecular weight excluding hydrogens is 579 g/mol. The fraction of sp³-hybridized carbons (Fsp3) is 0.771. The summed E-state index contributed by atoms with van der Waals surface area (Å²) in [5.41, 5.74) is 0. The lowest BCUT2D eigenvalue weighted by Crippen LogP contribution is -2.29. The van der Waals surface area contributed by atoms with Crippen LogP contribution < -0.4 is 0 Å². The van der Waals surface area contributed by atoms with Crippen molar-refractivity contribution in [3.05, 3.63) is 36.5 Å². The summed E-state index contributed by atoms with van der Waals surface area (Å²) in [6.07, 6.45) is 34.3. The van der Waals surface area contributed by atoms with Gasteiger partial charge >= 0.3 is 19.8 Å². The van der Waals surface area contributed by atoms with E-state index in [2.05, 4.69) is 54.8 Å². The van der Waals surface area contributed by atoms with E-state index in [1.165, 1.54) is 32.1 Å². The van der Waals surface area contributed by atoms with E-state index in [4.69, 9.17) is 19.3 Å². The SMILES string of the molecule is CCCC/C=C/C/C=C/CCCCCCCC(=O)OC[C@H](COP(=O)(O)O)OC(=O)CCCCCCC/C=C/CCCCC. The maximum absolute atomic E-state index is 12.3. The van der Waals surface area contributed by atoms with Crippen molar-refractivity contribution in [2.24, 2.45) is 0 Å². The molecule has 0 spiro atoms. The molecule has 0 aliphatic carbocycles. The van der Waals surface area contributed by atoms with E-state index >= 15 is 0 Å². The number of hydrogen-bond acceptors (Lipinski definition) is 6. The van der Waals surface area contributed by atoms with Crippen LogP contribution in [0, 0.1) is 0 Å². The van der Waals surface area contributed by atoms with Gasteiger partial charge in [-0.2, -0.15) is 0 Å². The Bertz CT molecular complexity index is 818. The number of carbonyl (C=O) groups is 2. The standard InChI is InChI=1S/C35H63O8P/c1-3-5-7-9-11-13-15-17-18-20-21-23-25-27-29-34(36)41-31-33(32-42-44(38,39)40)43-35(37)30-28-26-24-22-19-16-14-12-10-8-6-4-2/h9,11-12,14-15,17,33H,3-8,10,13,16,18-32H2,1-2H3,(H2,38,39,40)/b11-9+,14-12+,17-15+/t33-/m1/s1. The van der Waals surface area contributed by atoms with Gasteiger partial charge < -0.3 is 19.3 Å². The van der Waals surface area contributed by atoms with Crippen molar-refractivity contribution in [3.63, 3.8) is 0 Å². The summed E-state index contributed by atoms with van der Waals surface area (Å²) in [6.45, 7) is 3.57. The average molecular weight is 643 g/mol. The lowest BCUT2D eigenvalue weighted by Gasteiger charge is -2.18. The van der Waals surface area contributed by atoms with E-state index in [0.29, 0.717) is 12.8 Å². The zero-order valence-electron chi connectivity index (χ0n) is 27.8. The van der Waals surface area contributed by atoms with E-state index in [1.807, 2.05) is 0 Å². The Morgan fingerprint density at radius 2 is 1.05 bits per heavy atom. The van der Waals surface area contributed by atoms with Crippen LogP contribution in [0.2, 0.25) is 0 Å². The zero-order valence-corrected chi connectivity index (χ0v) is 28.7. The van der Waals surface area contributed by atoms with E-state index in [0.717, 1.165) is 83.5 Å². The molecule has 0 amide bonds. The molecule has 0 radical (unpaired) electrons. The average Bonchev–Trinajstić information content (AvgIpc) is 2.98. The number of hydrogen-bond donors (Lipinski definition) is 2. The summed E-state index contributed by atoms with van der Waals surface area (Å²) < 4.78 is 26.2. The first-order valence-corrected chi connectivity index (χ1v) is 18.8. The highest BCUT2D eigenvalue weighted by atomic mass is 31.2. The molecule has 0 aromatic carbocycles. The minimum absolute atomic E-state index is 0.198. The maximum atomic E-state index is 12.3. The molecule has 44 heavy (non-hydrogen) atoms. The number of unbranched alkanes of at least 4 members (excludes halogenated alkanes) is 15. The van der Waals surface area contributed by atoms with Crippen LogP contribution in [0.15, 0.2) is 36.5 Å². The number of ether oxygens (including phenoxy) is 2. The topological polar surface area (TPSA) is 119 Å². The molecule has 0 aliphatic heterocycles. The molecule has 0 aliphatic rings. The number of carbonyl (C=O) groups excluding carboxylic acids is 2. The second-order valence-corrected chi connectivity index (χ2v) is 12.7. The summed E-state index contributed by atoms with van der Waals surface area (Å²) >= 11 is 0. The molecule has 0 bridgehead atoms. The molecule has 1 atom stereocenters. The van der Waals surface area contributed by atoms with Gasteiger partial charge in [0.15, 0.2) is 6.10 Å². The third kappa shape index (κ3) is 33.2. The quantitative estimate of drug-likeness (QED) is 0.0332. The number of phosphoric ester groups is 1. The van der Waals surface area contributed by atoms with Crippen molar-refractivity contribution in [1.82, 2.24) is 0 Å². The molecule has 0 saturated heterocycles. The highest BCUT2D eigenvalue weighted by molar-refractivity contribution is 7.46. The van der Waals surface area contributed by atoms with Crippen molar-refractivity contribution in [3.8, 4) is 0 Å². The van der Waals surface area contributed by atoms with Gasteiger partial charge in [0.05, 0.1) is 6.61 Å². The summed E-state index contributed by atoms with van der Waals surface area (Å²) in [5, 5.41) is 0. The van der Waals surface area contributed by atoms with Crippen molar-refractivity contribution >= 4 is 19.8 Å². The predicted molar refractivity (Wildman–Crippen MR) is 179 cm³/mol. The number of esters is 2. The van der Waals surface area contributed by atoms with Crippen LogP contribution in [0.5, 0.6) is 0 Å². The van der Waals surface area contributed by atoms with Crippen LogP contribution in [0.3, 0.4) is 0 Å². The van der Waals surface area contributed by atoms with Crippen LogP contribution in [0.25, 0.3) is 0 Å². The normalized spacial score (nSPS) is 12.9. The molecule has 8 nitrogen and oxygen atoms in total. The second-order valence-electron chi connectivity index (χ2n) is 11.5. The van der Waals surface area contributed by atoms with Gasteiger partial charge in [0.25, 0.3) is 0 Å². The molecule has 0 aromatic rings. The van der Waals surface area contributed by atoms with Crippen molar-refractivity contribution < 1.29 is 37.9 Å². The van der Waals surface area contributed by atoms with Gasteiger partial charge in [-0.15, -0.1) is 0 Å². The van der Waals surface area contributed by atoms with Crippen molar-refractivity contribution in [2.45, 2.75) is 161 Å². The Morgan fingerprint density at radius 3 is 1.59 bits per heavy atom. The fourth-order valence-electron chi connectivity index (χ4n) is 4.50. The molecule has 0 rings (SSSR count). The largest absolute Gasteiger partial charge is 0.469 e. The summed E-state index contributed by atoms with van der Waals surface area (Å²) in [5.74, 6) is -0.915. The third-order valence-electron chi connectivity index (χ3n) is 7.13. The van der Waals surface area contributed by atoms with Crippen LogP contribution in [-0.2, 0) is 28.2 Å². The zero-order chi connectivity index (χ0) is 32.6. The first-order valence-electron chi connectivity index (χ1n) is 17.3. The maximum Gasteiger partial charge on any atom is 0.469 e. The second kappa shape index (κ2) is 31.3. The van der Waals surface area contributed by atoms with E-state index in [9.17, 15) is 14.2 Å². The highest BCUT2D eigenvalue weighted by Gasteiger charge is 2.22. The first kappa shape index (κ1) is 42.3. The molecule has 0 fully saturated rings.